The van der Waals surface area contributed by atoms with Crippen LogP contribution in [0.3, 0.4) is 0 Å². The third-order valence-corrected chi connectivity index (χ3v) is 7.95. The van der Waals surface area contributed by atoms with E-state index >= 15 is 0 Å². The van der Waals surface area contributed by atoms with Gasteiger partial charge in [0.2, 0.25) is 5.79 Å². The van der Waals surface area contributed by atoms with Gasteiger partial charge in [-0.25, -0.2) is 4.79 Å². The van der Waals surface area contributed by atoms with Gasteiger partial charge in [0.15, 0.2) is 18.0 Å². The van der Waals surface area contributed by atoms with Crippen molar-refractivity contribution in [1.29, 1.82) is 0 Å². The Morgan fingerprint density at radius 3 is 2.38 bits per heavy atom. The number of amides is 1. The first-order valence-corrected chi connectivity index (χ1v) is 15.3. The maximum absolute atomic E-state index is 13.0. The Labute approximate surface area is 239 Å². The molecule has 0 aliphatic carbocycles. The maximum Gasteiger partial charge on any atom is 0.412 e. The van der Waals surface area contributed by atoms with Crippen LogP contribution >= 0.6 is 11.6 Å². The largest absolute Gasteiger partial charge is 0.440 e. The highest BCUT2D eigenvalue weighted by molar-refractivity contribution is 6.30. The minimum absolute atomic E-state index is 0.229. The minimum Gasteiger partial charge on any atom is -0.440 e. The molecule has 0 unspecified atom stereocenters. The second-order valence-corrected chi connectivity index (χ2v) is 12.0. The van der Waals surface area contributed by atoms with Gasteiger partial charge in [-0.2, -0.15) is 0 Å². The number of nitrogens with one attached hydrogen (secondary N) is 1. The fourth-order valence-corrected chi connectivity index (χ4v) is 5.95. The molecule has 0 bridgehead atoms. The Kier molecular flexibility index (Phi) is 11.3. The third kappa shape index (κ3) is 8.78. The van der Waals surface area contributed by atoms with Crippen molar-refractivity contribution in [3.05, 3.63) is 29.3 Å². The van der Waals surface area contributed by atoms with Gasteiger partial charge < -0.3 is 28.6 Å². The summed E-state index contributed by atoms with van der Waals surface area (Å²) in [5.74, 6) is -2.02. The Morgan fingerprint density at radius 1 is 1.03 bits per heavy atom. The molecule has 1 aromatic rings. The molecule has 0 aromatic heterocycles. The third-order valence-electron chi connectivity index (χ3n) is 7.69. The number of nitrogens with zero attached hydrogens (tertiary/aromatic N) is 1. The Morgan fingerprint density at radius 2 is 1.69 bits per heavy atom. The molecule has 3 saturated heterocycles. The van der Waals surface area contributed by atoms with E-state index in [0.717, 1.165) is 38.8 Å². The molecule has 4 rings (SSSR count). The first-order valence-electron chi connectivity index (χ1n) is 14.9. The van der Waals surface area contributed by atoms with Gasteiger partial charge in [0.05, 0.1) is 0 Å². The number of halogens is 1. The zero-order valence-corrected chi connectivity index (χ0v) is 24.7. The van der Waals surface area contributed by atoms with Crippen LogP contribution in [-0.2, 0) is 23.7 Å². The predicted octanol–water partition coefficient (Wildman–Crippen LogP) is 6.76. The number of benzene rings is 1. The van der Waals surface area contributed by atoms with E-state index < -0.39 is 36.0 Å². The van der Waals surface area contributed by atoms with Crippen LogP contribution in [-0.4, -0.2) is 73.7 Å². The molecule has 0 spiro atoms. The number of hydrogen-bond donors (Lipinski definition) is 1. The van der Waals surface area contributed by atoms with Crippen LogP contribution in [0.5, 0.6) is 0 Å². The summed E-state index contributed by atoms with van der Waals surface area (Å²) in [5.41, 5.74) is 0.600. The molecular weight excluding hydrogens is 520 g/mol. The van der Waals surface area contributed by atoms with E-state index in [1.54, 1.807) is 24.3 Å². The highest BCUT2D eigenvalue weighted by Crippen LogP contribution is 2.47. The van der Waals surface area contributed by atoms with E-state index in [0.29, 0.717) is 23.9 Å². The molecule has 0 saturated carbocycles. The van der Waals surface area contributed by atoms with E-state index in [2.05, 4.69) is 17.1 Å². The number of rotatable bonds is 15. The van der Waals surface area contributed by atoms with Crippen LogP contribution in [0, 0.1) is 0 Å². The van der Waals surface area contributed by atoms with Crippen LogP contribution in [0.1, 0.15) is 85.0 Å². The van der Waals surface area contributed by atoms with E-state index in [1.165, 1.54) is 38.5 Å². The van der Waals surface area contributed by atoms with E-state index in [9.17, 15) is 4.79 Å². The molecule has 1 aromatic carbocycles. The first-order chi connectivity index (χ1) is 18.8. The van der Waals surface area contributed by atoms with Crippen LogP contribution in [0.15, 0.2) is 24.3 Å². The summed E-state index contributed by atoms with van der Waals surface area (Å²) in [6.07, 6.45) is 10.0. The summed E-state index contributed by atoms with van der Waals surface area (Å²) in [5, 5.41) is 3.39. The van der Waals surface area contributed by atoms with Gasteiger partial charge in [0.1, 0.15) is 12.7 Å². The van der Waals surface area contributed by atoms with Gasteiger partial charge in [-0.15, -0.1) is 0 Å². The van der Waals surface area contributed by atoms with Gasteiger partial charge >= 0.3 is 6.09 Å². The summed E-state index contributed by atoms with van der Waals surface area (Å²) < 4.78 is 31.4. The predicted molar refractivity (Wildman–Crippen MR) is 152 cm³/mol. The van der Waals surface area contributed by atoms with Gasteiger partial charge in [-0.05, 0) is 70.5 Å². The smallest absolute Gasteiger partial charge is 0.412 e. The fraction of sp³-hybridized carbons (Fsp3) is 0.767. The van der Waals surface area contributed by atoms with Crippen molar-refractivity contribution in [3.63, 3.8) is 0 Å². The minimum atomic E-state index is -1.13. The molecule has 3 fully saturated rings. The van der Waals surface area contributed by atoms with Crippen molar-refractivity contribution in [2.24, 2.45) is 0 Å². The second-order valence-electron chi connectivity index (χ2n) is 11.5. The molecule has 1 amide bonds. The molecular formula is C30H47ClN2O6. The normalized spacial score (nSPS) is 28.1. The summed E-state index contributed by atoms with van der Waals surface area (Å²) >= 11 is 5.98. The molecule has 220 valence electrons. The number of likely N-dealkylation sites (tertiary alicyclic amines) is 1. The SMILES string of the molecule is CCCCCCCCCCOC[C@@]12O[C@@H](CN3CCCC3)[C@@H](OC(=O)Nc3ccc(Cl)cc3)[C@@H]1OC(C)(C)O2. The highest BCUT2D eigenvalue weighted by Gasteiger charge is 2.66. The quantitative estimate of drug-likeness (QED) is 0.235. The highest BCUT2D eigenvalue weighted by atomic mass is 35.5. The van der Waals surface area contributed by atoms with Gasteiger partial charge in [-0.1, -0.05) is 63.5 Å². The van der Waals surface area contributed by atoms with Crippen molar-refractivity contribution < 1.29 is 28.5 Å². The van der Waals surface area contributed by atoms with Crippen molar-refractivity contribution in [2.75, 3.05) is 38.2 Å². The Balaban J connectivity index is 1.36. The number of anilines is 1. The topological polar surface area (TPSA) is 78.5 Å². The number of ether oxygens (including phenoxy) is 5. The molecule has 0 radical (unpaired) electrons. The number of carbonyl (C=O) groups excluding carboxylic acids is 1. The van der Waals surface area contributed by atoms with Crippen molar-refractivity contribution in [1.82, 2.24) is 4.90 Å². The lowest BCUT2D eigenvalue weighted by Crippen LogP contribution is -2.46. The van der Waals surface area contributed by atoms with Gasteiger partial charge in [-0.3, -0.25) is 5.32 Å². The number of unbranched alkanes of at least 4 members (excludes halogenated alkanes) is 7. The number of carbonyl (C=O) groups is 1. The monoisotopic (exact) mass is 566 g/mol. The molecule has 4 atom stereocenters. The molecule has 3 aliphatic rings. The first kappa shape index (κ1) is 30.5. The number of hydrogen-bond acceptors (Lipinski definition) is 7. The molecule has 3 aliphatic heterocycles. The fourth-order valence-electron chi connectivity index (χ4n) is 5.82. The summed E-state index contributed by atoms with van der Waals surface area (Å²) in [6.45, 7) is 9.47. The average Bonchev–Trinajstić information content (AvgIpc) is 3.56. The Bertz CT molecular complexity index is 894. The lowest BCUT2D eigenvalue weighted by Gasteiger charge is -2.30. The zero-order chi connectivity index (χ0) is 27.7. The average molecular weight is 567 g/mol. The second kappa shape index (κ2) is 14.5. The van der Waals surface area contributed by atoms with E-state index in [4.69, 9.17) is 35.3 Å². The molecule has 8 nitrogen and oxygen atoms in total. The molecule has 39 heavy (non-hydrogen) atoms. The lowest BCUT2D eigenvalue weighted by molar-refractivity contribution is -0.278. The summed E-state index contributed by atoms with van der Waals surface area (Å²) in [7, 11) is 0. The van der Waals surface area contributed by atoms with Crippen LogP contribution < -0.4 is 5.32 Å². The molecule has 3 heterocycles. The van der Waals surface area contributed by atoms with Gasteiger partial charge in [0, 0.05) is 23.9 Å². The van der Waals surface area contributed by atoms with Gasteiger partial charge in [0.25, 0.3) is 0 Å². The van der Waals surface area contributed by atoms with Crippen LogP contribution in [0.25, 0.3) is 0 Å². The summed E-state index contributed by atoms with van der Waals surface area (Å²) in [4.78, 5) is 15.3. The van der Waals surface area contributed by atoms with Crippen molar-refractivity contribution >= 4 is 23.4 Å². The number of fused-ring (bicyclic) bond motifs is 1. The van der Waals surface area contributed by atoms with E-state index in [-0.39, 0.29) is 6.61 Å². The summed E-state index contributed by atoms with van der Waals surface area (Å²) in [6, 6.07) is 6.91. The van der Waals surface area contributed by atoms with Crippen LogP contribution in [0.2, 0.25) is 5.02 Å². The molecule has 1 N–H and O–H groups in total. The van der Waals surface area contributed by atoms with Crippen LogP contribution in [0.4, 0.5) is 10.5 Å². The van der Waals surface area contributed by atoms with Crippen molar-refractivity contribution in [2.45, 2.75) is 115 Å². The Hall–Kier alpha value is -1.42. The lowest BCUT2D eigenvalue weighted by atomic mass is 10.0. The zero-order valence-electron chi connectivity index (χ0n) is 23.9. The van der Waals surface area contributed by atoms with Crippen molar-refractivity contribution in [3.8, 4) is 0 Å². The standard InChI is InChI=1S/C30H47ClN2O6/c1-4-5-6-7-8-9-10-13-20-35-22-30-27(38-29(2,3)39-30)26(25(37-30)21-33-18-11-12-19-33)36-28(34)32-24-16-14-23(31)15-17-24/h14-17,25-27H,4-13,18-22H2,1-3H3,(H,32,34)/t25-,26+,27-,30-/m0/s1. The van der Waals surface area contributed by atoms with E-state index in [1.807, 2.05) is 13.8 Å². The maximum atomic E-state index is 13.0. The molecule has 9 heteroatoms.